The molecule has 2 heterocycles. The minimum absolute atomic E-state index is 0.00571. The molecule has 1 aromatic carbocycles. The quantitative estimate of drug-likeness (QED) is 0.587. The summed E-state index contributed by atoms with van der Waals surface area (Å²) in [4.78, 5) is 11.2. The fourth-order valence-corrected chi connectivity index (χ4v) is 4.09. The summed E-state index contributed by atoms with van der Waals surface area (Å²) in [5.41, 5.74) is 0.917. The second-order valence-electron chi connectivity index (χ2n) is 6.41. The molecular weight excluding hydrogens is 336 g/mol. The van der Waals surface area contributed by atoms with Gasteiger partial charge >= 0.3 is 0 Å². The predicted molar refractivity (Wildman–Crippen MR) is 84.4 cm³/mol. The molecule has 2 fully saturated rings. The van der Waals surface area contributed by atoms with Crippen molar-refractivity contribution in [3.8, 4) is 0 Å². The van der Waals surface area contributed by atoms with Gasteiger partial charge in [0.15, 0.2) is 5.79 Å². The molecule has 1 aromatic rings. The monoisotopic (exact) mass is 356 g/mol. The Kier molecular flexibility index (Phi) is 4.37. The topological polar surface area (TPSA) is 94.5 Å². The zero-order valence-electron chi connectivity index (χ0n) is 13.7. The molecule has 8 nitrogen and oxygen atoms in total. The van der Waals surface area contributed by atoms with Gasteiger partial charge in [-0.25, -0.2) is 0 Å². The van der Waals surface area contributed by atoms with Crippen molar-refractivity contribution in [2.75, 3.05) is 13.2 Å². The molecule has 24 heavy (non-hydrogen) atoms. The standard InChI is InChI=1S/C15H20N2O6S/c1-10-4-6-11(7-5-10)24(19,20)17(16-18)8-12-14-13(9-21-12)22-15(2,3)23-14/h4-7,12-14H,8-9H2,1-3H3/t12-,13+,14+/m0/s1. The van der Waals surface area contributed by atoms with Crippen molar-refractivity contribution in [1.29, 1.82) is 0 Å². The molecule has 0 saturated carbocycles. The molecule has 0 amide bonds. The molecule has 0 aromatic heterocycles. The SMILES string of the molecule is Cc1ccc(S(=O)(=O)N(C[C@@H]2OC[C@H]3OC(C)(C)O[C@H]23)N=O)cc1. The first kappa shape index (κ1) is 17.3. The van der Waals surface area contributed by atoms with Crippen LogP contribution in [0.15, 0.2) is 34.4 Å². The third-order valence-corrected chi connectivity index (χ3v) is 5.72. The Morgan fingerprint density at radius 3 is 2.54 bits per heavy atom. The number of hydrogen-bond donors (Lipinski definition) is 0. The normalized spacial score (nSPS) is 28.5. The van der Waals surface area contributed by atoms with Gasteiger partial charge in [0.1, 0.15) is 18.3 Å². The van der Waals surface area contributed by atoms with E-state index in [9.17, 15) is 13.3 Å². The largest absolute Gasteiger partial charge is 0.371 e. The van der Waals surface area contributed by atoms with Crippen molar-refractivity contribution in [3.05, 3.63) is 34.7 Å². The number of nitrogens with zero attached hydrogens (tertiary/aromatic N) is 2. The lowest BCUT2D eigenvalue weighted by molar-refractivity contribution is -0.175. The third-order valence-electron chi connectivity index (χ3n) is 4.09. The summed E-state index contributed by atoms with van der Waals surface area (Å²) in [5, 5.41) is 2.69. The highest BCUT2D eigenvalue weighted by Gasteiger charge is 2.51. The van der Waals surface area contributed by atoms with Gasteiger partial charge in [-0.05, 0) is 32.9 Å². The lowest BCUT2D eigenvalue weighted by Gasteiger charge is -2.24. The highest BCUT2D eigenvalue weighted by molar-refractivity contribution is 7.89. The van der Waals surface area contributed by atoms with Gasteiger partial charge in [0.25, 0.3) is 10.0 Å². The lowest BCUT2D eigenvalue weighted by atomic mass is 10.1. The van der Waals surface area contributed by atoms with Crippen molar-refractivity contribution in [1.82, 2.24) is 4.41 Å². The number of fused-ring (bicyclic) bond motifs is 1. The summed E-state index contributed by atoms with van der Waals surface area (Å²) in [5.74, 6) is -0.757. The summed E-state index contributed by atoms with van der Waals surface area (Å²) in [7, 11) is -4.04. The van der Waals surface area contributed by atoms with Gasteiger partial charge in [0, 0.05) is 0 Å². The summed E-state index contributed by atoms with van der Waals surface area (Å²) in [6.07, 6.45) is -1.33. The minimum atomic E-state index is -4.04. The van der Waals surface area contributed by atoms with Gasteiger partial charge in [-0.3, -0.25) is 0 Å². The van der Waals surface area contributed by atoms with Crippen LogP contribution >= 0.6 is 0 Å². The van der Waals surface area contributed by atoms with E-state index in [4.69, 9.17) is 14.2 Å². The van der Waals surface area contributed by atoms with Crippen molar-refractivity contribution >= 4 is 10.0 Å². The van der Waals surface area contributed by atoms with Crippen LogP contribution in [-0.4, -0.2) is 50.1 Å². The van der Waals surface area contributed by atoms with Gasteiger partial charge in [0.2, 0.25) is 0 Å². The predicted octanol–water partition coefficient (Wildman–Crippen LogP) is 1.59. The van der Waals surface area contributed by atoms with Crippen LogP contribution in [0.1, 0.15) is 19.4 Å². The Bertz CT molecular complexity index is 718. The van der Waals surface area contributed by atoms with E-state index in [-0.39, 0.29) is 24.2 Å². The highest BCUT2D eigenvalue weighted by Crippen LogP contribution is 2.36. The summed E-state index contributed by atoms with van der Waals surface area (Å²) < 4.78 is 42.7. The number of rotatable bonds is 5. The van der Waals surface area contributed by atoms with Gasteiger partial charge in [-0.1, -0.05) is 17.7 Å². The Balaban J connectivity index is 1.77. The minimum Gasteiger partial charge on any atom is -0.371 e. The molecule has 9 heteroatoms. The van der Waals surface area contributed by atoms with Crippen LogP contribution in [0.25, 0.3) is 0 Å². The van der Waals surface area contributed by atoms with Gasteiger partial charge in [-0.15, -0.1) is 9.32 Å². The van der Waals surface area contributed by atoms with Crippen LogP contribution in [0.3, 0.4) is 0 Å². The molecule has 0 unspecified atom stereocenters. The molecule has 0 N–H and O–H groups in total. The number of sulfonamides is 1. The lowest BCUT2D eigenvalue weighted by Crippen LogP contribution is -2.40. The maximum atomic E-state index is 12.6. The zero-order chi connectivity index (χ0) is 17.5. The summed E-state index contributed by atoms with van der Waals surface area (Å²) in [6.45, 7) is 5.47. The summed E-state index contributed by atoms with van der Waals surface area (Å²) in [6, 6.07) is 6.21. The van der Waals surface area contributed by atoms with Crippen LogP contribution in [0.5, 0.6) is 0 Å². The maximum Gasteiger partial charge on any atom is 0.281 e. The van der Waals surface area contributed by atoms with Crippen LogP contribution < -0.4 is 0 Å². The van der Waals surface area contributed by atoms with Crippen LogP contribution in [0, 0.1) is 11.8 Å². The first-order valence-electron chi connectivity index (χ1n) is 7.63. The Hall–Kier alpha value is -1.55. The van der Waals surface area contributed by atoms with E-state index < -0.39 is 28.0 Å². The van der Waals surface area contributed by atoms with Crippen molar-refractivity contribution < 1.29 is 22.6 Å². The molecule has 0 spiro atoms. The number of aryl methyl sites for hydroxylation is 1. The van der Waals surface area contributed by atoms with Crippen molar-refractivity contribution in [2.45, 2.75) is 49.8 Å². The number of benzene rings is 1. The molecular formula is C15H20N2O6S. The number of hydrogen-bond acceptors (Lipinski definition) is 7. The molecule has 0 aliphatic carbocycles. The molecule has 2 aliphatic heterocycles. The van der Waals surface area contributed by atoms with E-state index in [0.717, 1.165) is 5.56 Å². The van der Waals surface area contributed by atoms with E-state index in [2.05, 4.69) is 5.29 Å². The van der Waals surface area contributed by atoms with E-state index in [1.807, 2.05) is 6.92 Å². The smallest absolute Gasteiger partial charge is 0.281 e. The summed E-state index contributed by atoms with van der Waals surface area (Å²) >= 11 is 0. The van der Waals surface area contributed by atoms with Gasteiger partial charge in [0.05, 0.1) is 23.3 Å². The molecule has 3 atom stereocenters. The molecule has 0 radical (unpaired) electrons. The first-order chi connectivity index (χ1) is 11.2. The molecule has 132 valence electrons. The average molecular weight is 356 g/mol. The van der Waals surface area contributed by atoms with Crippen molar-refractivity contribution in [3.63, 3.8) is 0 Å². The van der Waals surface area contributed by atoms with Crippen LogP contribution in [0.4, 0.5) is 0 Å². The Morgan fingerprint density at radius 1 is 1.25 bits per heavy atom. The van der Waals surface area contributed by atoms with Crippen LogP contribution in [-0.2, 0) is 24.2 Å². The first-order valence-corrected chi connectivity index (χ1v) is 9.07. The average Bonchev–Trinajstić information content (AvgIpc) is 3.00. The highest BCUT2D eigenvalue weighted by atomic mass is 32.2. The van der Waals surface area contributed by atoms with E-state index in [1.165, 1.54) is 12.1 Å². The van der Waals surface area contributed by atoms with Gasteiger partial charge in [-0.2, -0.15) is 8.42 Å². The van der Waals surface area contributed by atoms with Gasteiger partial charge < -0.3 is 14.2 Å². The maximum absolute atomic E-state index is 12.6. The fraction of sp³-hybridized carbons (Fsp3) is 0.600. The molecule has 2 saturated heterocycles. The second kappa shape index (κ2) is 6.07. The number of nitroso groups, excluding NO2 is 1. The van der Waals surface area contributed by atoms with E-state index in [1.54, 1.807) is 26.0 Å². The Labute approximate surface area is 140 Å². The van der Waals surface area contributed by atoms with Crippen molar-refractivity contribution in [2.24, 2.45) is 5.29 Å². The van der Waals surface area contributed by atoms with E-state index in [0.29, 0.717) is 4.41 Å². The van der Waals surface area contributed by atoms with Crippen LogP contribution in [0.2, 0.25) is 0 Å². The second-order valence-corrected chi connectivity index (χ2v) is 8.26. The molecule has 2 aliphatic rings. The zero-order valence-corrected chi connectivity index (χ0v) is 14.5. The van der Waals surface area contributed by atoms with E-state index >= 15 is 0 Å². The Morgan fingerprint density at radius 2 is 1.92 bits per heavy atom. The third kappa shape index (κ3) is 3.16. The molecule has 0 bridgehead atoms. The molecule has 3 rings (SSSR count). The number of ether oxygens (including phenoxy) is 3. The fourth-order valence-electron chi connectivity index (χ4n) is 2.94.